The van der Waals surface area contributed by atoms with Crippen LogP contribution in [-0.4, -0.2) is 16.9 Å². The molecule has 0 aliphatic carbocycles. The number of likely N-dealkylation sites (tertiary alicyclic amines) is 1. The Morgan fingerprint density at radius 3 is 2.17 bits per heavy atom. The second-order valence-corrected chi connectivity index (χ2v) is 7.80. The Kier molecular flexibility index (Phi) is 5.60. The molecule has 4 nitrogen and oxygen atoms in total. The van der Waals surface area contributed by atoms with Gasteiger partial charge in [-0.25, -0.2) is 9.69 Å². The molecular formula is C25H22ClNO3. The zero-order valence-electron chi connectivity index (χ0n) is 16.6. The topological polar surface area (TPSA) is 46.6 Å². The molecule has 3 aromatic rings. The van der Waals surface area contributed by atoms with Gasteiger partial charge in [0.05, 0.1) is 11.5 Å². The molecule has 5 heteroatoms. The Labute approximate surface area is 181 Å². The van der Waals surface area contributed by atoms with Crippen LogP contribution in [0.3, 0.4) is 0 Å². The van der Waals surface area contributed by atoms with Crippen molar-refractivity contribution in [1.29, 1.82) is 0 Å². The van der Waals surface area contributed by atoms with E-state index in [0.717, 1.165) is 16.7 Å². The highest BCUT2D eigenvalue weighted by molar-refractivity contribution is 6.30. The van der Waals surface area contributed by atoms with Gasteiger partial charge in [0.15, 0.2) is 0 Å². The molecule has 3 aromatic carbocycles. The summed E-state index contributed by atoms with van der Waals surface area (Å²) in [6.07, 6.45) is -0.0742. The van der Waals surface area contributed by atoms with E-state index >= 15 is 0 Å². The maximum atomic E-state index is 13.4. The van der Waals surface area contributed by atoms with Crippen molar-refractivity contribution in [3.63, 3.8) is 0 Å². The molecule has 1 heterocycles. The van der Waals surface area contributed by atoms with Gasteiger partial charge in [0.1, 0.15) is 6.61 Å². The molecule has 1 aliphatic rings. The molecule has 152 valence electrons. The maximum Gasteiger partial charge on any atom is 0.417 e. The molecular weight excluding hydrogens is 398 g/mol. The highest BCUT2D eigenvalue weighted by atomic mass is 35.5. The van der Waals surface area contributed by atoms with Gasteiger partial charge in [-0.2, -0.15) is 0 Å². The van der Waals surface area contributed by atoms with Gasteiger partial charge in [0.25, 0.3) is 0 Å². The average Bonchev–Trinajstić information content (AvgIpc) is 2.79. The first-order chi connectivity index (χ1) is 14.6. The first kappa shape index (κ1) is 20.2. The van der Waals surface area contributed by atoms with Gasteiger partial charge in [-0.05, 0) is 35.2 Å². The van der Waals surface area contributed by atoms with E-state index in [0.29, 0.717) is 11.4 Å². The van der Waals surface area contributed by atoms with Crippen LogP contribution in [0.5, 0.6) is 0 Å². The summed E-state index contributed by atoms with van der Waals surface area (Å²) in [5.41, 5.74) is 1.79. The number of rotatable bonds is 5. The lowest BCUT2D eigenvalue weighted by molar-refractivity contribution is -0.158. The molecule has 4 rings (SSSR count). The number of halogens is 1. The van der Waals surface area contributed by atoms with Crippen LogP contribution in [0, 0.1) is 0 Å². The number of β-lactam (4-membered cyclic amide) rings is 1. The zero-order chi connectivity index (χ0) is 21.1. The Hall–Kier alpha value is -3.11. The lowest BCUT2D eigenvalue weighted by Gasteiger charge is -2.54. The fourth-order valence-electron chi connectivity index (χ4n) is 4.22. The third kappa shape index (κ3) is 3.37. The smallest absolute Gasteiger partial charge is 0.417 e. The van der Waals surface area contributed by atoms with E-state index in [2.05, 4.69) is 0 Å². The van der Waals surface area contributed by atoms with E-state index in [-0.39, 0.29) is 12.5 Å². The highest BCUT2D eigenvalue weighted by Gasteiger charge is 2.63. The van der Waals surface area contributed by atoms with Gasteiger partial charge in [-0.15, -0.1) is 0 Å². The van der Waals surface area contributed by atoms with Crippen LogP contribution in [-0.2, 0) is 21.6 Å². The number of hydrogen-bond acceptors (Lipinski definition) is 3. The molecule has 0 unspecified atom stereocenters. The van der Waals surface area contributed by atoms with Crippen LogP contribution < -0.4 is 0 Å². The van der Waals surface area contributed by atoms with E-state index in [9.17, 15) is 9.59 Å². The summed E-state index contributed by atoms with van der Waals surface area (Å²) in [6.45, 7) is 2.09. The number of nitrogens with zero attached hydrogens (tertiary/aromatic N) is 1. The zero-order valence-corrected chi connectivity index (χ0v) is 17.4. The van der Waals surface area contributed by atoms with Crippen LogP contribution in [0.2, 0.25) is 5.02 Å². The monoisotopic (exact) mass is 419 g/mol. The third-order valence-electron chi connectivity index (χ3n) is 5.76. The minimum Gasteiger partial charge on any atom is -0.444 e. The normalized spacial score (nSPS) is 20.5. The fourth-order valence-corrected chi connectivity index (χ4v) is 4.35. The molecule has 30 heavy (non-hydrogen) atoms. The molecule has 2 atom stereocenters. The standard InChI is InChI=1S/C25H22ClNO3/c1-2-25(20-11-7-4-8-12-20)22(19-13-15-21(26)16-14-19)27(23(25)28)24(29)30-17-18-9-5-3-6-10-18/h3-16,22H,2,17H2,1H3/t22-,25+/m1/s1. The Morgan fingerprint density at radius 1 is 0.967 bits per heavy atom. The molecule has 1 aliphatic heterocycles. The average molecular weight is 420 g/mol. The van der Waals surface area contributed by atoms with Crippen molar-refractivity contribution in [1.82, 2.24) is 4.90 Å². The molecule has 1 fully saturated rings. The van der Waals surface area contributed by atoms with Crippen molar-refractivity contribution < 1.29 is 14.3 Å². The van der Waals surface area contributed by atoms with Gasteiger partial charge in [0.2, 0.25) is 5.91 Å². The molecule has 0 bridgehead atoms. The van der Waals surface area contributed by atoms with Crippen molar-refractivity contribution in [3.05, 3.63) is 107 Å². The lowest BCUT2D eigenvalue weighted by atomic mass is 9.62. The van der Waals surface area contributed by atoms with E-state index in [1.807, 2.05) is 79.7 Å². The highest BCUT2D eigenvalue weighted by Crippen LogP contribution is 2.54. The fraction of sp³-hybridized carbons (Fsp3) is 0.200. The van der Waals surface area contributed by atoms with Gasteiger partial charge < -0.3 is 4.74 Å². The molecule has 0 spiro atoms. The quantitative estimate of drug-likeness (QED) is 0.483. The molecule has 2 amide bonds. The maximum absolute atomic E-state index is 13.4. The summed E-state index contributed by atoms with van der Waals surface area (Å²) in [6, 6.07) is 25.9. The minimum atomic E-state index is -0.819. The third-order valence-corrected chi connectivity index (χ3v) is 6.01. The first-order valence-corrected chi connectivity index (χ1v) is 10.3. The number of ether oxygens (including phenoxy) is 1. The van der Waals surface area contributed by atoms with Gasteiger partial charge in [-0.3, -0.25) is 4.79 Å². The summed E-state index contributed by atoms with van der Waals surface area (Å²) in [5.74, 6) is -0.241. The van der Waals surface area contributed by atoms with Crippen LogP contribution in [0.15, 0.2) is 84.9 Å². The Morgan fingerprint density at radius 2 is 1.57 bits per heavy atom. The summed E-state index contributed by atoms with van der Waals surface area (Å²) in [7, 11) is 0. The second kappa shape index (κ2) is 8.33. The van der Waals surface area contributed by atoms with E-state index in [4.69, 9.17) is 16.3 Å². The van der Waals surface area contributed by atoms with Crippen molar-refractivity contribution >= 4 is 23.6 Å². The van der Waals surface area contributed by atoms with E-state index in [1.165, 1.54) is 4.90 Å². The summed E-state index contributed by atoms with van der Waals surface area (Å²) in [5, 5.41) is 0.601. The van der Waals surface area contributed by atoms with Gasteiger partial charge in [0, 0.05) is 5.02 Å². The number of carbonyl (C=O) groups excluding carboxylic acids is 2. The molecule has 0 N–H and O–H groups in total. The largest absolute Gasteiger partial charge is 0.444 e. The van der Waals surface area contributed by atoms with Crippen LogP contribution >= 0.6 is 11.6 Å². The van der Waals surface area contributed by atoms with Crippen molar-refractivity contribution in [2.24, 2.45) is 0 Å². The predicted molar refractivity (Wildman–Crippen MR) is 116 cm³/mol. The number of amides is 2. The van der Waals surface area contributed by atoms with Crippen LogP contribution in [0.1, 0.15) is 36.1 Å². The SMILES string of the molecule is CC[C@@]1(c2ccccc2)C(=O)N(C(=O)OCc2ccccc2)[C@@H]1c1ccc(Cl)cc1. The number of hydrogen-bond donors (Lipinski definition) is 0. The van der Waals surface area contributed by atoms with Gasteiger partial charge >= 0.3 is 6.09 Å². The summed E-state index contributed by atoms with van der Waals surface area (Å²) in [4.78, 5) is 27.6. The lowest BCUT2D eigenvalue weighted by Crippen LogP contribution is -2.67. The van der Waals surface area contributed by atoms with Crippen LogP contribution in [0.25, 0.3) is 0 Å². The molecule has 0 radical (unpaired) electrons. The predicted octanol–water partition coefficient (Wildman–Crippen LogP) is 5.91. The number of benzene rings is 3. The second-order valence-electron chi connectivity index (χ2n) is 7.36. The first-order valence-electron chi connectivity index (χ1n) is 9.93. The minimum absolute atomic E-state index is 0.112. The van der Waals surface area contributed by atoms with Crippen molar-refractivity contribution in [2.75, 3.05) is 0 Å². The number of imide groups is 1. The Balaban J connectivity index is 1.68. The summed E-state index contributed by atoms with van der Waals surface area (Å²) < 4.78 is 5.49. The van der Waals surface area contributed by atoms with Gasteiger partial charge in [-0.1, -0.05) is 91.3 Å². The van der Waals surface area contributed by atoms with Crippen molar-refractivity contribution in [3.8, 4) is 0 Å². The van der Waals surface area contributed by atoms with Crippen molar-refractivity contribution in [2.45, 2.75) is 31.4 Å². The molecule has 1 saturated heterocycles. The molecule has 0 saturated carbocycles. The molecule has 0 aromatic heterocycles. The van der Waals surface area contributed by atoms with E-state index in [1.54, 1.807) is 12.1 Å². The summed E-state index contributed by atoms with van der Waals surface area (Å²) >= 11 is 6.07. The number of carbonyl (C=O) groups is 2. The van der Waals surface area contributed by atoms with E-state index < -0.39 is 17.6 Å². The van der Waals surface area contributed by atoms with Crippen LogP contribution in [0.4, 0.5) is 4.79 Å². The Bertz CT molecular complexity index is 1040.